The Labute approximate surface area is 140 Å². The van der Waals surface area contributed by atoms with Gasteiger partial charge >= 0.3 is 0 Å². The van der Waals surface area contributed by atoms with E-state index in [0.717, 1.165) is 6.07 Å². The lowest BCUT2D eigenvalue weighted by molar-refractivity contribution is -0.119. The summed E-state index contributed by atoms with van der Waals surface area (Å²) in [4.78, 5) is 11.2. The number of benzene rings is 1. The van der Waals surface area contributed by atoms with Crippen LogP contribution in [0.5, 0.6) is 0 Å². The summed E-state index contributed by atoms with van der Waals surface area (Å²) < 4.78 is 54.6. The highest BCUT2D eigenvalue weighted by molar-refractivity contribution is 7.89. The van der Waals surface area contributed by atoms with E-state index in [2.05, 4.69) is 10.0 Å². The molecule has 0 aliphatic rings. The largest absolute Gasteiger partial charge is 0.327 e. The number of hydrogen-bond acceptors (Lipinski definition) is 4. The molecule has 0 aliphatic carbocycles. The maximum absolute atomic E-state index is 13.9. The quantitative estimate of drug-likeness (QED) is 0.744. The number of carbonyl (C=O) groups is 1. The van der Waals surface area contributed by atoms with E-state index in [-0.39, 0.29) is 0 Å². The highest BCUT2D eigenvalue weighted by Crippen LogP contribution is 2.24. The second kappa shape index (κ2) is 7.12. The van der Waals surface area contributed by atoms with Crippen LogP contribution in [-0.4, -0.2) is 25.9 Å². The fraction of sp³-hybridized carbons (Fsp3) is 0.533. The molecule has 136 valence electrons. The molecular formula is C15H23F2N3O3S. The molecule has 9 heteroatoms. The molecule has 0 aliphatic heterocycles. The number of hydrogen-bond donors (Lipinski definition) is 3. The third-order valence-corrected chi connectivity index (χ3v) is 4.98. The molecule has 0 spiro atoms. The van der Waals surface area contributed by atoms with Crippen LogP contribution in [0, 0.1) is 17.6 Å². The minimum Gasteiger partial charge on any atom is -0.327 e. The fourth-order valence-electron chi connectivity index (χ4n) is 1.77. The van der Waals surface area contributed by atoms with Gasteiger partial charge in [0.25, 0.3) is 0 Å². The van der Waals surface area contributed by atoms with Gasteiger partial charge in [-0.2, -0.15) is 0 Å². The van der Waals surface area contributed by atoms with Crippen LogP contribution in [-0.2, 0) is 14.8 Å². The predicted octanol–water partition coefficient (Wildman–Crippen LogP) is 1.96. The molecule has 0 radical (unpaired) electrons. The zero-order valence-corrected chi connectivity index (χ0v) is 15.1. The summed E-state index contributed by atoms with van der Waals surface area (Å²) in [5.74, 6) is -3.56. The maximum atomic E-state index is 13.9. The zero-order valence-electron chi connectivity index (χ0n) is 14.3. The first kappa shape index (κ1) is 20.5. The summed E-state index contributed by atoms with van der Waals surface area (Å²) in [7, 11) is -4.23. The number of sulfonamides is 1. The average molecular weight is 363 g/mol. The highest BCUT2D eigenvalue weighted by Gasteiger charge is 2.27. The van der Waals surface area contributed by atoms with Gasteiger partial charge in [-0.15, -0.1) is 0 Å². The van der Waals surface area contributed by atoms with Gasteiger partial charge in [-0.1, -0.05) is 6.92 Å². The Kier molecular flexibility index (Phi) is 6.07. The lowest BCUT2D eigenvalue weighted by Crippen LogP contribution is -2.41. The van der Waals surface area contributed by atoms with Crippen molar-refractivity contribution in [2.24, 2.45) is 11.7 Å². The minimum absolute atomic E-state index is 0.420. The third-order valence-electron chi connectivity index (χ3n) is 3.21. The summed E-state index contributed by atoms with van der Waals surface area (Å²) in [5, 5.41) is 2.24. The number of rotatable bonds is 5. The number of halogens is 2. The van der Waals surface area contributed by atoms with Gasteiger partial charge in [-0.05, 0) is 33.8 Å². The molecule has 0 bridgehead atoms. The Morgan fingerprint density at radius 1 is 1.17 bits per heavy atom. The van der Waals surface area contributed by atoms with E-state index in [1.165, 1.54) is 0 Å². The molecule has 2 unspecified atom stereocenters. The van der Waals surface area contributed by atoms with Gasteiger partial charge in [0.1, 0.15) is 16.5 Å². The number of carbonyl (C=O) groups excluding carboxylic acids is 1. The zero-order chi connectivity index (χ0) is 18.9. The third kappa shape index (κ3) is 5.22. The smallest absolute Gasteiger partial charge is 0.244 e. The van der Waals surface area contributed by atoms with Crippen molar-refractivity contribution in [2.75, 3.05) is 5.32 Å². The Balaban J connectivity index is 3.26. The number of anilines is 1. The van der Waals surface area contributed by atoms with E-state index < -0.39 is 55.6 Å². The average Bonchev–Trinajstić information content (AvgIpc) is 2.37. The molecule has 0 heterocycles. The highest BCUT2D eigenvalue weighted by atomic mass is 32.2. The molecule has 1 rings (SSSR count). The molecule has 4 N–H and O–H groups in total. The van der Waals surface area contributed by atoms with Gasteiger partial charge in [-0.25, -0.2) is 21.9 Å². The fourth-order valence-corrected chi connectivity index (χ4v) is 3.28. The van der Waals surface area contributed by atoms with Crippen molar-refractivity contribution in [3.8, 4) is 0 Å². The second-order valence-corrected chi connectivity index (χ2v) is 8.41. The Hall–Kier alpha value is -1.58. The van der Waals surface area contributed by atoms with Crippen molar-refractivity contribution < 1.29 is 22.0 Å². The molecule has 6 nitrogen and oxygen atoms in total. The lowest BCUT2D eigenvalue weighted by atomic mass is 10.0. The topological polar surface area (TPSA) is 101 Å². The van der Waals surface area contributed by atoms with E-state index in [1.807, 2.05) is 0 Å². The van der Waals surface area contributed by atoms with Crippen LogP contribution < -0.4 is 15.8 Å². The molecule has 0 saturated heterocycles. The molecule has 0 fully saturated rings. The first-order valence-electron chi connectivity index (χ1n) is 7.34. The number of nitrogens with one attached hydrogen (secondary N) is 2. The van der Waals surface area contributed by atoms with E-state index >= 15 is 0 Å². The van der Waals surface area contributed by atoms with Gasteiger partial charge < -0.3 is 11.1 Å². The van der Waals surface area contributed by atoms with Crippen molar-refractivity contribution in [1.82, 2.24) is 4.72 Å². The molecule has 0 aromatic heterocycles. The van der Waals surface area contributed by atoms with E-state index in [1.54, 1.807) is 34.6 Å². The standard InChI is InChI=1S/C15H23F2N3O3S/c1-8(9(2)18)14(21)19-12-7-13(11(17)6-10(12)16)24(22,23)20-15(3,4)5/h6-9,20H,18H2,1-5H3,(H,19,21). The van der Waals surface area contributed by atoms with Crippen molar-refractivity contribution >= 4 is 21.6 Å². The van der Waals surface area contributed by atoms with Crippen LogP contribution in [0.25, 0.3) is 0 Å². The van der Waals surface area contributed by atoms with Crippen LogP contribution in [0.4, 0.5) is 14.5 Å². The molecule has 24 heavy (non-hydrogen) atoms. The molecular weight excluding hydrogens is 340 g/mol. The Morgan fingerprint density at radius 3 is 2.17 bits per heavy atom. The number of nitrogens with two attached hydrogens (primary N) is 1. The van der Waals surface area contributed by atoms with E-state index in [4.69, 9.17) is 5.73 Å². The van der Waals surface area contributed by atoms with Crippen molar-refractivity contribution in [1.29, 1.82) is 0 Å². The summed E-state index contributed by atoms with van der Waals surface area (Å²) >= 11 is 0. The monoisotopic (exact) mass is 363 g/mol. The molecule has 1 aromatic rings. The van der Waals surface area contributed by atoms with Crippen molar-refractivity contribution in [3.05, 3.63) is 23.8 Å². The summed E-state index contributed by atoms with van der Waals surface area (Å²) in [5.41, 5.74) is 4.32. The normalized spacial score (nSPS) is 15.0. The summed E-state index contributed by atoms with van der Waals surface area (Å²) in [6, 6.07) is 0.688. The summed E-state index contributed by atoms with van der Waals surface area (Å²) in [6.45, 7) is 7.89. The first-order valence-corrected chi connectivity index (χ1v) is 8.82. The van der Waals surface area contributed by atoms with Gasteiger partial charge in [0, 0.05) is 17.6 Å². The van der Waals surface area contributed by atoms with Crippen molar-refractivity contribution in [2.45, 2.75) is 51.1 Å². The van der Waals surface area contributed by atoms with E-state index in [0.29, 0.717) is 6.07 Å². The summed E-state index contributed by atoms with van der Waals surface area (Å²) in [6.07, 6.45) is 0. The maximum Gasteiger partial charge on any atom is 0.244 e. The van der Waals surface area contributed by atoms with Crippen LogP contribution in [0.2, 0.25) is 0 Å². The van der Waals surface area contributed by atoms with Crippen LogP contribution >= 0.6 is 0 Å². The van der Waals surface area contributed by atoms with Crippen LogP contribution in [0.3, 0.4) is 0 Å². The lowest BCUT2D eigenvalue weighted by Gasteiger charge is -2.21. The minimum atomic E-state index is -4.23. The van der Waals surface area contributed by atoms with Gasteiger partial charge in [0.2, 0.25) is 15.9 Å². The predicted molar refractivity (Wildman–Crippen MR) is 87.9 cm³/mol. The molecule has 0 saturated carbocycles. The number of amides is 1. The Bertz CT molecular complexity index is 728. The van der Waals surface area contributed by atoms with Crippen molar-refractivity contribution in [3.63, 3.8) is 0 Å². The molecule has 1 amide bonds. The molecule has 1 aromatic carbocycles. The first-order chi connectivity index (χ1) is 10.7. The van der Waals surface area contributed by atoms with E-state index in [9.17, 15) is 22.0 Å². The van der Waals surface area contributed by atoms with Crippen LogP contribution in [0.1, 0.15) is 34.6 Å². The Morgan fingerprint density at radius 2 is 1.71 bits per heavy atom. The van der Waals surface area contributed by atoms with Gasteiger partial charge in [0.05, 0.1) is 11.6 Å². The second-order valence-electron chi connectivity index (χ2n) is 6.76. The van der Waals surface area contributed by atoms with Gasteiger partial charge in [0.15, 0.2) is 0 Å². The van der Waals surface area contributed by atoms with Gasteiger partial charge in [-0.3, -0.25) is 4.79 Å². The molecule has 2 atom stereocenters. The van der Waals surface area contributed by atoms with Crippen LogP contribution in [0.15, 0.2) is 17.0 Å². The SMILES string of the molecule is CC(N)C(C)C(=O)Nc1cc(S(=O)(=O)NC(C)(C)C)c(F)cc1F.